The summed E-state index contributed by atoms with van der Waals surface area (Å²) in [7, 11) is 0. The Balaban J connectivity index is 2.16. The van der Waals surface area contributed by atoms with Crippen molar-refractivity contribution in [1.29, 1.82) is 5.26 Å². The first kappa shape index (κ1) is 18.7. The quantitative estimate of drug-likeness (QED) is 0.702. The fraction of sp³-hybridized carbons (Fsp3) is 0.167. The molecule has 3 rings (SSSR count). The second-order valence-corrected chi connectivity index (χ2v) is 6.05. The fourth-order valence-electron chi connectivity index (χ4n) is 2.66. The number of halogens is 4. The number of benzene rings is 1. The summed E-state index contributed by atoms with van der Waals surface area (Å²) in [6, 6.07) is 9.02. The van der Waals surface area contributed by atoms with Crippen molar-refractivity contribution in [3.8, 4) is 6.07 Å². The number of anilines is 1. The van der Waals surface area contributed by atoms with Crippen molar-refractivity contribution in [2.45, 2.75) is 19.5 Å². The zero-order valence-corrected chi connectivity index (χ0v) is 14.7. The monoisotopic (exact) mass is 392 g/mol. The SMILES string of the molecule is CCc1nc2c(Cl)cc(C(F)(F)F)cn2c1C(=O)Nc1ccccc1C#N. The molecule has 1 amide bonds. The first-order valence-corrected chi connectivity index (χ1v) is 8.22. The van der Waals surface area contributed by atoms with E-state index in [2.05, 4.69) is 10.3 Å². The van der Waals surface area contributed by atoms with Crippen molar-refractivity contribution in [2.75, 3.05) is 5.32 Å². The Morgan fingerprint density at radius 1 is 1.37 bits per heavy atom. The number of carbonyl (C=O) groups excluding carboxylic acids is 1. The third-order valence-corrected chi connectivity index (χ3v) is 4.20. The highest BCUT2D eigenvalue weighted by molar-refractivity contribution is 6.33. The molecule has 0 aliphatic carbocycles. The second kappa shape index (κ2) is 6.93. The molecule has 0 atom stereocenters. The summed E-state index contributed by atoms with van der Waals surface area (Å²) < 4.78 is 40.4. The smallest absolute Gasteiger partial charge is 0.319 e. The number of alkyl halides is 3. The molecule has 0 bridgehead atoms. The minimum atomic E-state index is -4.63. The maximum absolute atomic E-state index is 13.1. The van der Waals surface area contributed by atoms with Crippen LogP contribution in [0, 0.1) is 11.3 Å². The van der Waals surface area contributed by atoms with Gasteiger partial charge in [-0.1, -0.05) is 30.7 Å². The molecule has 0 saturated heterocycles. The van der Waals surface area contributed by atoms with Crippen molar-refractivity contribution in [1.82, 2.24) is 9.38 Å². The van der Waals surface area contributed by atoms with E-state index in [4.69, 9.17) is 16.9 Å². The number of hydrogen-bond acceptors (Lipinski definition) is 3. The summed E-state index contributed by atoms with van der Waals surface area (Å²) in [4.78, 5) is 17.0. The molecular weight excluding hydrogens is 381 g/mol. The number of aryl methyl sites for hydroxylation is 1. The molecule has 3 aromatic rings. The molecular formula is C18H12ClF3N4O. The maximum Gasteiger partial charge on any atom is 0.417 e. The van der Waals surface area contributed by atoms with Gasteiger partial charge in [0, 0.05) is 6.20 Å². The molecule has 5 nitrogen and oxygen atoms in total. The average molecular weight is 393 g/mol. The van der Waals surface area contributed by atoms with Crippen molar-refractivity contribution in [2.24, 2.45) is 0 Å². The molecule has 27 heavy (non-hydrogen) atoms. The van der Waals surface area contributed by atoms with Gasteiger partial charge in [-0.3, -0.25) is 9.20 Å². The Morgan fingerprint density at radius 3 is 2.70 bits per heavy atom. The standard InChI is InChI=1S/C18H12ClF3N4O/c1-2-13-15(17(27)25-14-6-4-3-5-10(14)8-23)26-9-11(18(20,21)22)7-12(19)16(26)24-13/h3-7,9H,2H2,1H3,(H,25,27). The van der Waals surface area contributed by atoms with Crippen molar-refractivity contribution in [3.05, 3.63) is 64.1 Å². The molecule has 1 aromatic carbocycles. The van der Waals surface area contributed by atoms with Crippen LogP contribution in [0.15, 0.2) is 36.5 Å². The molecule has 0 aliphatic rings. The zero-order chi connectivity index (χ0) is 19.8. The normalized spacial score (nSPS) is 11.4. The van der Waals surface area contributed by atoms with Gasteiger partial charge in [-0.15, -0.1) is 0 Å². The lowest BCUT2D eigenvalue weighted by molar-refractivity contribution is -0.137. The lowest BCUT2D eigenvalue weighted by Gasteiger charge is -2.11. The number of nitrogens with one attached hydrogen (secondary N) is 1. The number of imidazole rings is 1. The van der Waals surface area contributed by atoms with E-state index in [1.54, 1.807) is 19.1 Å². The van der Waals surface area contributed by atoms with Crippen LogP contribution < -0.4 is 5.32 Å². The molecule has 0 spiro atoms. The molecule has 1 N–H and O–H groups in total. The Bertz CT molecular complexity index is 1080. The number of fused-ring (bicyclic) bond motifs is 1. The zero-order valence-electron chi connectivity index (χ0n) is 13.9. The van der Waals surface area contributed by atoms with Crippen LogP contribution in [0.4, 0.5) is 18.9 Å². The molecule has 0 aliphatic heterocycles. The van der Waals surface area contributed by atoms with E-state index in [1.165, 1.54) is 12.1 Å². The van der Waals surface area contributed by atoms with Gasteiger partial charge >= 0.3 is 6.18 Å². The molecule has 9 heteroatoms. The summed E-state index contributed by atoms with van der Waals surface area (Å²) >= 11 is 5.96. The second-order valence-electron chi connectivity index (χ2n) is 5.64. The number of nitriles is 1. The topological polar surface area (TPSA) is 70.2 Å². The average Bonchev–Trinajstić information content (AvgIpc) is 3.00. The summed E-state index contributed by atoms with van der Waals surface area (Å²) in [5.41, 5.74) is -0.227. The maximum atomic E-state index is 13.1. The highest BCUT2D eigenvalue weighted by Gasteiger charge is 2.33. The van der Waals surface area contributed by atoms with Gasteiger partial charge in [-0.05, 0) is 24.6 Å². The fourth-order valence-corrected chi connectivity index (χ4v) is 2.92. The van der Waals surface area contributed by atoms with E-state index in [-0.39, 0.29) is 27.6 Å². The molecule has 0 unspecified atom stereocenters. The molecule has 138 valence electrons. The van der Waals surface area contributed by atoms with Gasteiger partial charge in [0.2, 0.25) is 0 Å². The number of para-hydroxylation sites is 1. The van der Waals surface area contributed by atoms with Gasteiger partial charge in [0.1, 0.15) is 11.8 Å². The van der Waals surface area contributed by atoms with Crippen molar-refractivity contribution >= 4 is 28.8 Å². The highest BCUT2D eigenvalue weighted by Crippen LogP contribution is 2.33. The number of amides is 1. The summed E-state index contributed by atoms with van der Waals surface area (Å²) in [5, 5.41) is 11.5. The van der Waals surface area contributed by atoms with Gasteiger partial charge in [0.25, 0.3) is 5.91 Å². The van der Waals surface area contributed by atoms with Crippen LogP contribution in [0.1, 0.15) is 34.2 Å². The van der Waals surface area contributed by atoms with E-state index in [0.717, 1.165) is 16.7 Å². The van der Waals surface area contributed by atoms with E-state index in [9.17, 15) is 18.0 Å². The van der Waals surface area contributed by atoms with Gasteiger partial charge in [0.05, 0.1) is 27.5 Å². The van der Waals surface area contributed by atoms with Gasteiger partial charge in [-0.2, -0.15) is 18.4 Å². The number of pyridine rings is 1. The van der Waals surface area contributed by atoms with E-state index < -0.39 is 17.6 Å². The molecule has 2 aromatic heterocycles. The van der Waals surface area contributed by atoms with Crippen LogP contribution in [0.2, 0.25) is 5.02 Å². The van der Waals surface area contributed by atoms with Crippen LogP contribution in [-0.2, 0) is 12.6 Å². The minimum Gasteiger partial charge on any atom is -0.319 e. The van der Waals surface area contributed by atoms with E-state index in [0.29, 0.717) is 12.1 Å². The predicted octanol–water partition coefficient (Wildman–Crippen LogP) is 4.69. The van der Waals surface area contributed by atoms with Crippen LogP contribution >= 0.6 is 11.6 Å². The van der Waals surface area contributed by atoms with Gasteiger partial charge in [0.15, 0.2) is 5.65 Å². The molecule has 0 radical (unpaired) electrons. The number of aromatic nitrogens is 2. The predicted molar refractivity (Wildman–Crippen MR) is 93.7 cm³/mol. The Morgan fingerprint density at radius 2 is 2.07 bits per heavy atom. The lowest BCUT2D eigenvalue weighted by Crippen LogP contribution is -2.17. The van der Waals surface area contributed by atoms with Crippen LogP contribution in [0.25, 0.3) is 5.65 Å². The largest absolute Gasteiger partial charge is 0.417 e. The van der Waals surface area contributed by atoms with Crippen LogP contribution in [0.5, 0.6) is 0 Å². The van der Waals surface area contributed by atoms with E-state index in [1.807, 2.05) is 6.07 Å². The number of hydrogen-bond donors (Lipinski definition) is 1. The number of nitrogens with zero attached hydrogens (tertiary/aromatic N) is 3. The number of rotatable bonds is 3. The molecule has 0 saturated carbocycles. The molecule has 0 fully saturated rings. The summed E-state index contributed by atoms with van der Waals surface area (Å²) in [6.07, 6.45) is -3.53. The van der Waals surface area contributed by atoms with E-state index >= 15 is 0 Å². The van der Waals surface area contributed by atoms with Crippen molar-refractivity contribution < 1.29 is 18.0 Å². The Hall–Kier alpha value is -3.05. The van der Waals surface area contributed by atoms with Gasteiger partial charge in [-0.25, -0.2) is 4.98 Å². The first-order valence-electron chi connectivity index (χ1n) is 7.84. The first-order chi connectivity index (χ1) is 12.8. The van der Waals surface area contributed by atoms with Crippen molar-refractivity contribution in [3.63, 3.8) is 0 Å². The third kappa shape index (κ3) is 3.46. The lowest BCUT2D eigenvalue weighted by atomic mass is 10.2. The number of carbonyl (C=O) groups is 1. The highest BCUT2D eigenvalue weighted by atomic mass is 35.5. The van der Waals surface area contributed by atoms with Crippen LogP contribution in [0.3, 0.4) is 0 Å². The summed E-state index contributed by atoms with van der Waals surface area (Å²) in [6.45, 7) is 1.72. The minimum absolute atomic E-state index is 0.0558. The Labute approximate surface area is 157 Å². The van der Waals surface area contributed by atoms with Gasteiger partial charge < -0.3 is 5.32 Å². The summed E-state index contributed by atoms with van der Waals surface area (Å²) in [5.74, 6) is -0.683. The third-order valence-electron chi connectivity index (χ3n) is 3.92. The van der Waals surface area contributed by atoms with Crippen LogP contribution in [-0.4, -0.2) is 15.3 Å². The molecule has 2 heterocycles. The Kier molecular flexibility index (Phi) is 4.81.